The fourth-order valence-electron chi connectivity index (χ4n) is 2.32. The zero-order valence-electron chi connectivity index (χ0n) is 10.8. The summed E-state index contributed by atoms with van der Waals surface area (Å²) in [5.41, 5.74) is 2.22. The molecule has 0 bridgehead atoms. The number of carbonyl (C=O) groups is 1. The van der Waals surface area contributed by atoms with Crippen molar-refractivity contribution in [3.8, 4) is 0 Å². The molecule has 0 aliphatic carbocycles. The van der Waals surface area contributed by atoms with E-state index in [1.54, 1.807) is 0 Å². The Morgan fingerprint density at radius 1 is 1.39 bits per heavy atom. The van der Waals surface area contributed by atoms with E-state index >= 15 is 0 Å². The summed E-state index contributed by atoms with van der Waals surface area (Å²) < 4.78 is 4.79. The number of methoxy groups -OCH3 is 1. The summed E-state index contributed by atoms with van der Waals surface area (Å²) in [6.45, 7) is 3.74. The number of rotatable bonds is 2. The summed E-state index contributed by atoms with van der Waals surface area (Å²) >= 11 is 6.13. The standard InChI is InChI=1S/C14H18ClNO2/c1-10-3-4-12(9-13(10)15)16-7-5-11(6-8-16)14(17)18-2/h3-4,9,11H,5-8H2,1-2H3. The number of benzene rings is 1. The Kier molecular flexibility index (Phi) is 4.12. The van der Waals surface area contributed by atoms with Crippen LogP contribution >= 0.6 is 11.6 Å². The lowest BCUT2D eigenvalue weighted by Gasteiger charge is -2.32. The van der Waals surface area contributed by atoms with Crippen LogP contribution in [-0.4, -0.2) is 26.2 Å². The molecule has 0 saturated carbocycles. The molecule has 0 radical (unpaired) electrons. The zero-order chi connectivity index (χ0) is 13.1. The number of hydrogen-bond donors (Lipinski definition) is 0. The molecule has 0 amide bonds. The van der Waals surface area contributed by atoms with Crippen molar-refractivity contribution in [2.45, 2.75) is 19.8 Å². The lowest BCUT2D eigenvalue weighted by Crippen LogP contribution is -2.36. The largest absolute Gasteiger partial charge is 0.469 e. The Morgan fingerprint density at radius 3 is 2.61 bits per heavy atom. The van der Waals surface area contributed by atoms with Crippen LogP contribution in [-0.2, 0) is 9.53 Å². The highest BCUT2D eigenvalue weighted by molar-refractivity contribution is 6.31. The molecule has 3 nitrogen and oxygen atoms in total. The molecule has 1 aromatic carbocycles. The van der Waals surface area contributed by atoms with Crippen LogP contribution in [0.3, 0.4) is 0 Å². The Morgan fingerprint density at radius 2 is 2.06 bits per heavy atom. The number of piperidine rings is 1. The van der Waals surface area contributed by atoms with E-state index in [9.17, 15) is 4.79 Å². The molecular formula is C14H18ClNO2. The molecule has 18 heavy (non-hydrogen) atoms. The van der Waals surface area contributed by atoms with Crippen LogP contribution in [0.5, 0.6) is 0 Å². The molecule has 1 aromatic rings. The fraction of sp³-hybridized carbons (Fsp3) is 0.500. The third-order valence-corrected chi connectivity index (χ3v) is 3.96. The average Bonchev–Trinajstić information content (AvgIpc) is 2.41. The second kappa shape index (κ2) is 5.61. The normalized spacial score (nSPS) is 16.7. The van der Waals surface area contributed by atoms with Gasteiger partial charge in [0.1, 0.15) is 0 Å². The van der Waals surface area contributed by atoms with Crippen LogP contribution in [0.2, 0.25) is 5.02 Å². The first-order chi connectivity index (χ1) is 8.61. The predicted octanol–water partition coefficient (Wildman–Crippen LogP) is 3.04. The predicted molar refractivity (Wildman–Crippen MR) is 73.1 cm³/mol. The van der Waals surface area contributed by atoms with Crippen LogP contribution in [0.15, 0.2) is 18.2 Å². The van der Waals surface area contributed by atoms with Crippen molar-refractivity contribution in [2.24, 2.45) is 5.92 Å². The maximum Gasteiger partial charge on any atom is 0.308 e. The highest BCUT2D eigenvalue weighted by Gasteiger charge is 2.25. The third-order valence-electron chi connectivity index (χ3n) is 3.55. The van der Waals surface area contributed by atoms with Crippen molar-refractivity contribution < 1.29 is 9.53 Å². The van der Waals surface area contributed by atoms with E-state index in [0.29, 0.717) is 0 Å². The molecule has 0 spiro atoms. The Bertz CT molecular complexity index is 439. The van der Waals surface area contributed by atoms with Gasteiger partial charge in [-0.15, -0.1) is 0 Å². The third kappa shape index (κ3) is 2.78. The van der Waals surface area contributed by atoms with E-state index in [2.05, 4.69) is 11.0 Å². The fourth-order valence-corrected chi connectivity index (χ4v) is 2.49. The van der Waals surface area contributed by atoms with E-state index in [1.165, 1.54) is 7.11 Å². The number of anilines is 1. The Balaban J connectivity index is 2.01. The first kappa shape index (κ1) is 13.2. The molecule has 98 valence electrons. The van der Waals surface area contributed by atoms with Crippen LogP contribution in [0.4, 0.5) is 5.69 Å². The van der Waals surface area contributed by atoms with Crippen molar-refractivity contribution in [2.75, 3.05) is 25.1 Å². The molecule has 4 heteroatoms. The van der Waals surface area contributed by atoms with Gasteiger partial charge in [-0.05, 0) is 37.5 Å². The first-order valence-corrected chi connectivity index (χ1v) is 6.58. The molecule has 1 aliphatic rings. The molecular weight excluding hydrogens is 250 g/mol. The summed E-state index contributed by atoms with van der Waals surface area (Å²) in [5.74, 6) is -0.0382. The Labute approximate surface area is 113 Å². The zero-order valence-corrected chi connectivity index (χ0v) is 11.5. The average molecular weight is 268 g/mol. The smallest absolute Gasteiger partial charge is 0.308 e. The van der Waals surface area contributed by atoms with Crippen molar-refractivity contribution in [1.29, 1.82) is 0 Å². The number of carbonyl (C=O) groups excluding carboxylic acids is 1. The van der Waals surface area contributed by atoms with Crippen LogP contribution in [0.25, 0.3) is 0 Å². The number of ether oxygens (including phenoxy) is 1. The van der Waals surface area contributed by atoms with E-state index in [4.69, 9.17) is 16.3 Å². The molecule has 1 aliphatic heterocycles. The van der Waals surface area contributed by atoms with Gasteiger partial charge in [-0.2, -0.15) is 0 Å². The molecule has 1 saturated heterocycles. The van der Waals surface area contributed by atoms with Crippen molar-refractivity contribution in [3.63, 3.8) is 0 Å². The topological polar surface area (TPSA) is 29.5 Å². The van der Waals surface area contributed by atoms with Crippen LogP contribution < -0.4 is 4.90 Å². The summed E-state index contributed by atoms with van der Waals surface area (Å²) in [6, 6.07) is 6.11. The number of aryl methyl sites for hydroxylation is 1. The molecule has 2 rings (SSSR count). The lowest BCUT2D eigenvalue weighted by molar-refractivity contribution is -0.146. The second-order valence-corrected chi connectivity index (χ2v) is 5.13. The van der Waals surface area contributed by atoms with Gasteiger partial charge in [-0.25, -0.2) is 0 Å². The maximum atomic E-state index is 11.4. The first-order valence-electron chi connectivity index (χ1n) is 6.20. The van der Waals surface area contributed by atoms with Gasteiger partial charge in [0.15, 0.2) is 0 Å². The van der Waals surface area contributed by atoms with Gasteiger partial charge < -0.3 is 9.64 Å². The minimum atomic E-state index is -0.0865. The summed E-state index contributed by atoms with van der Waals surface area (Å²) in [7, 11) is 1.45. The van der Waals surface area contributed by atoms with Crippen LogP contribution in [0.1, 0.15) is 18.4 Å². The van der Waals surface area contributed by atoms with E-state index < -0.39 is 0 Å². The molecule has 0 aromatic heterocycles. The van der Waals surface area contributed by atoms with Gasteiger partial charge in [0, 0.05) is 23.8 Å². The molecule has 1 fully saturated rings. The SMILES string of the molecule is COC(=O)C1CCN(c2ccc(C)c(Cl)c2)CC1. The summed E-state index contributed by atoms with van der Waals surface area (Å²) in [5, 5.41) is 0.794. The highest BCUT2D eigenvalue weighted by Crippen LogP contribution is 2.27. The minimum Gasteiger partial charge on any atom is -0.469 e. The molecule has 0 N–H and O–H groups in total. The number of nitrogens with zero attached hydrogens (tertiary/aromatic N) is 1. The van der Waals surface area contributed by atoms with Gasteiger partial charge in [0.25, 0.3) is 0 Å². The number of esters is 1. The summed E-state index contributed by atoms with van der Waals surface area (Å²) in [6.07, 6.45) is 1.69. The van der Waals surface area contributed by atoms with Crippen molar-refractivity contribution in [1.82, 2.24) is 0 Å². The van der Waals surface area contributed by atoms with Gasteiger partial charge >= 0.3 is 5.97 Å². The van der Waals surface area contributed by atoms with E-state index in [0.717, 1.165) is 42.2 Å². The van der Waals surface area contributed by atoms with Crippen molar-refractivity contribution >= 4 is 23.3 Å². The number of halogens is 1. The monoisotopic (exact) mass is 267 g/mol. The molecule has 0 unspecified atom stereocenters. The van der Waals surface area contributed by atoms with E-state index in [1.807, 2.05) is 19.1 Å². The lowest BCUT2D eigenvalue weighted by atomic mass is 9.96. The summed E-state index contributed by atoms with van der Waals surface area (Å²) in [4.78, 5) is 13.7. The second-order valence-electron chi connectivity index (χ2n) is 4.72. The minimum absolute atomic E-state index is 0.0483. The van der Waals surface area contributed by atoms with Gasteiger partial charge in [0.05, 0.1) is 13.0 Å². The number of hydrogen-bond acceptors (Lipinski definition) is 3. The van der Waals surface area contributed by atoms with Crippen molar-refractivity contribution in [3.05, 3.63) is 28.8 Å². The maximum absolute atomic E-state index is 11.4. The van der Waals surface area contributed by atoms with Gasteiger partial charge in [0.2, 0.25) is 0 Å². The van der Waals surface area contributed by atoms with Crippen LogP contribution in [0, 0.1) is 12.8 Å². The van der Waals surface area contributed by atoms with Gasteiger partial charge in [-0.1, -0.05) is 17.7 Å². The quantitative estimate of drug-likeness (QED) is 0.772. The Hall–Kier alpha value is -1.22. The molecule has 1 heterocycles. The van der Waals surface area contributed by atoms with Gasteiger partial charge in [-0.3, -0.25) is 4.79 Å². The molecule has 0 atom stereocenters. The highest BCUT2D eigenvalue weighted by atomic mass is 35.5. The van der Waals surface area contributed by atoms with E-state index in [-0.39, 0.29) is 11.9 Å².